The third-order valence-corrected chi connectivity index (χ3v) is 6.82. The van der Waals surface area contributed by atoms with Gasteiger partial charge in [0.15, 0.2) is 0 Å². The molecular weight excluding hydrogens is 409 g/mol. The molecule has 1 aromatic carbocycles. The maximum atomic E-state index is 4.95. The molecule has 0 N–H and O–H groups in total. The first-order valence-electron chi connectivity index (χ1n) is 9.84. The summed E-state index contributed by atoms with van der Waals surface area (Å²) in [5, 5.41) is 5.96. The summed E-state index contributed by atoms with van der Waals surface area (Å²) in [7, 11) is 0. The number of pyridine rings is 1. The van der Waals surface area contributed by atoms with Crippen molar-refractivity contribution in [3.8, 4) is 0 Å². The molecule has 0 saturated carbocycles. The van der Waals surface area contributed by atoms with Gasteiger partial charge in [-0.1, -0.05) is 0 Å². The fourth-order valence-corrected chi connectivity index (χ4v) is 4.76. The number of rotatable bonds is 5. The Morgan fingerprint density at radius 3 is 2.14 bits per heavy atom. The van der Waals surface area contributed by atoms with Crippen LogP contribution in [0.5, 0.6) is 0 Å². The van der Waals surface area contributed by atoms with Gasteiger partial charge in [0.05, 0.1) is 0 Å². The van der Waals surface area contributed by atoms with Crippen LogP contribution in [0.15, 0.2) is 54.6 Å². The van der Waals surface area contributed by atoms with E-state index in [0.717, 1.165) is 23.3 Å². The third-order valence-electron chi connectivity index (χ3n) is 4.62. The Balaban J connectivity index is 1.81. The van der Waals surface area contributed by atoms with Crippen molar-refractivity contribution in [3.63, 3.8) is 0 Å². The second kappa shape index (κ2) is 8.22. The molecule has 28 heavy (non-hydrogen) atoms. The Hall–Kier alpha value is -1.90. The zero-order valence-electron chi connectivity index (χ0n) is 17.9. The average molecular weight is 440 g/mol. The fourth-order valence-electron chi connectivity index (χ4n) is 3.03. The van der Waals surface area contributed by atoms with Gasteiger partial charge < -0.3 is 0 Å². The molecule has 0 aliphatic heterocycles. The Bertz CT molecular complexity index is 915. The molecule has 0 amide bonds. The van der Waals surface area contributed by atoms with Crippen molar-refractivity contribution in [1.82, 2.24) is 14.8 Å². The molecular formula is C24H31N3Se. The molecule has 0 aliphatic carbocycles. The first kappa shape index (κ1) is 20.8. The number of benzene rings is 1. The van der Waals surface area contributed by atoms with Crippen LogP contribution in [0.3, 0.4) is 0 Å². The first-order chi connectivity index (χ1) is 13.1. The molecule has 0 saturated heterocycles. The summed E-state index contributed by atoms with van der Waals surface area (Å²) in [6, 6.07) is 19.4. The second-order valence-corrected chi connectivity index (χ2v) is 11.5. The van der Waals surface area contributed by atoms with Crippen LogP contribution < -0.4 is 4.46 Å². The second-order valence-electron chi connectivity index (χ2n) is 9.29. The molecule has 148 valence electrons. The minimum absolute atomic E-state index is 0.0404. The average Bonchev–Trinajstić information content (AvgIpc) is 3.06. The van der Waals surface area contributed by atoms with Crippen LogP contribution in [0.4, 0.5) is 0 Å². The molecule has 0 atom stereocenters. The summed E-state index contributed by atoms with van der Waals surface area (Å²) >= 11 is 0.411. The van der Waals surface area contributed by atoms with Crippen molar-refractivity contribution < 1.29 is 0 Å². The normalized spacial score (nSPS) is 12.4. The summed E-state index contributed by atoms with van der Waals surface area (Å²) in [6.07, 6.45) is 0. The van der Waals surface area contributed by atoms with E-state index < -0.39 is 0 Å². The summed E-state index contributed by atoms with van der Waals surface area (Å²) in [6.45, 7) is 14.1. The van der Waals surface area contributed by atoms with Crippen molar-refractivity contribution in [3.05, 3.63) is 77.4 Å². The Kier molecular flexibility index (Phi) is 6.12. The van der Waals surface area contributed by atoms with Gasteiger partial charge in [0.1, 0.15) is 0 Å². The quantitative estimate of drug-likeness (QED) is 0.549. The van der Waals surface area contributed by atoms with Crippen LogP contribution in [0.1, 0.15) is 64.3 Å². The van der Waals surface area contributed by atoms with Gasteiger partial charge in [0.2, 0.25) is 0 Å². The van der Waals surface area contributed by atoms with Gasteiger partial charge in [-0.25, -0.2) is 0 Å². The van der Waals surface area contributed by atoms with E-state index in [-0.39, 0.29) is 10.8 Å². The molecule has 0 radical (unpaired) electrons. The van der Waals surface area contributed by atoms with E-state index >= 15 is 0 Å². The maximum absolute atomic E-state index is 4.95. The molecule has 3 rings (SSSR count). The Labute approximate surface area is 175 Å². The van der Waals surface area contributed by atoms with E-state index in [2.05, 4.69) is 101 Å². The van der Waals surface area contributed by atoms with E-state index in [9.17, 15) is 0 Å². The van der Waals surface area contributed by atoms with E-state index in [1.54, 1.807) is 0 Å². The SMILES string of the molecule is CC(C)(C)c1cc(C(C)(C)C)n(Cc2cccc(C[Se]c3ccccc3)n2)n1. The van der Waals surface area contributed by atoms with Crippen LogP contribution in [-0.2, 0) is 22.7 Å². The van der Waals surface area contributed by atoms with Crippen LogP contribution in [0, 0.1) is 0 Å². The number of nitrogens with zero attached hydrogens (tertiary/aromatic N) is 3. The predicted molar refractivity (Wildman–Crippen MR) is 119 cm³/mol. The molecule has 0 bridgehead atoms. The first-order valence-corrected chi connectivity index (χ1v) is 11.9. The summed E-state index contributed by atoms with van der Waals surface area (Å²) in [5.41, 5.74) is 4.74. The number of aromatic nitrogens is 3. The number of hydrogen-bond acceptors (Lipinski definition) is 2. The van der Waals surface area contributed by atoms with Gasteiger partial charge in [-0.15, -0.1) is 0 Å². The molecule has 3 nitrogen and oxygen atoms in total. The fraction of sp³-hybridized carbons (Fsp3) is 0.417. The summed E-state index contributed by atoms with van der Waals surface area (Å²) < 4.78 is 3.56. The Morgan fingerprint density at radius 1 is 0.821 bits per heavy atom. The zero-order chi connectivity index (χ0) is 20.4. The van der Waals surface area contributed by atoms with Crippen molar-refractivity contribution in [2.75, 3.05) is 0 Å². The van der Waals surface area contributed by atoms with Gasteiger partial charge in [-0.2, -0.15) is 0 Å². The summed E-state index contributed by atoms with van der Waals surface area (Å²) in [4.78, 5) is 4.93. The van der Waals surface area contributed by atoms with Crippen LogP contribution in [0.2, 0.25) is 0 Å². The van der Waals surface area contributed by atoms with E-state index in [1.807, 2.05) is 0 Å². The van der Waals surface area contributed by atoms with Crippen LogP contribution >= 0.6 is 0 Å². The molecule has 4 heteroatoms. The van der Waals surface area contributed by atoms with Gasteiger partial charge in [-0.3, -0.25) is 0 Å². The Morgan fingerprint density at radius 2 is 1.50 bits per heavy atom. The third kappa shape index (κ3) is 5.33. The van der Waals surface area contributed by atoms with Gasteiger partial charge >= 0.3 is 176 Å². The van der Waals surface area contributed by atoms with Crippen molar-refractivity contribution in [2.45, 2.75) is 64.2 Å². The minimum atomic E-state index is 0.0404. The van der Waals surface area contributed by atoms with Gasteiger partial charge in [-0.05, 0) is 0 Å². The molecule has 0 aliphatic rings. The monoisotopic (exact) mass is 441 g/mol. The van der Waals surface area contributed by atoms with E-state index in [4.69, 9.17) is 10.1 Å². The molecule has 0 spiro atoms. The van der Waals surface area contributed by atoms with E-state index in [0.29, 0.717) is 15.0 Å². The predicted octanol–water partition coefficient (Wildman–Crippen LogP) is 4.45. The standard InChI is InChI=1S/C24H31N3Se/c1-23(2,3)21-15-22(24(4,5)6)27(26-21)16-18-11-10-12-19(25-18)17-28-20-13-8-7-9-14-20/h7-15H,16-17H2,1-6H3. The topological polar surface area (TPSA) is 30.7 Å². The van der Waals surface area contributed by atoms with E-state index in [1.165, 1.54) is 15.8 Å². The van der Waals surface area contributed by atoms with Gasteiger partial charge in [0, 0.05) is 0 Å². The summed E-state index contributed by atoms with van der Waals surface area (Å²) in [5.74, 6) is 0. The molecule has 2 aromatic heterocycles. The van der Waals surface area contributed by atoms with Crippen molar-refractivity contribution in [1.29, 1.82) is 0 Å². The van der Waals surface area contributed by atoms with Crippen LogP contribution in [-0.4, -0.2) is 29.7 Å². The van der Waals surface area contributed by atoms with Crippen LogP contribution in [0.25, 0.3) is 0 Å². The zero-order valence-corrected chi connectivity index (χ0v) is 19.6. The van der Waals surface area contributed by atoms with Gasteiger partial charge in [0.25, 0.3) is 0 Å². The molecule has 0 unspecified atom stereocenters. The molecule has 2 heterocycles. The molecule has 0 fully saturated rings. The van der Waals surface area contributed by atoms with Crippen molar-refractivity contribution >= 4 is 19.4 Å². The molecule has 3 aromatic rings. The van der Waals surface area contributed by atoms with Crippen molar-refractivity contribution in [2.24, 2.45) is 0 Å². The number of hydrogen-bond donors (Lipinski definition) is 0.